The average Bonchev–Trinajstić information content (AvgIpc) is 3.41. The molecule has 0 unspecified atom stereocenters. The zero-order valence-corrected chi connectivity index (χ0v) is 21.3. The number of nitrogens with one attached hydrogen (secondary N) is 3. The van der Waals surface area contributed by atoms with Gasteiger partial charge in [0.05, 0.1) is 22.7 Å². The second-order valence-electron chi connectivity index (χ2n) is 8.32. The van der Waals surface area contributed by atoms with Gasteiger partial charge < -0.3 is 30.3 Å². The molecule has 40 heavy (non-hydrogen) atoms. The summed E-state index contributed by atoms with van der Waals surface area (Å²) in [5.74, 6) is 2.12. The number of ether oxygens (including phenoxy) is 2. The Balaban J connectivity index is 1.31. The molecular weight excluding hydrogens is 555 g/mol. The number of urea groups is 1. The molecule has 0 radical (unpaired) electrons. The molecule has 11 nitrogen and oxygen atoms in total. The van der Waals surface area contributed by atoms with Crippen LogP contribution in [0.2, 0.25) is 5.02 Å². The van der Waals surface area contributed by atoms with Crippen molar-refractivity contribution in [1.82, 2.24) is 9.97 Å². The number of hydrogen-bond donors (Lipinski definition) is 3. The standard InChI is InChI=1S/C25H19ClF3N7O4/c1-30-23-34-20-16(22(35-23)39-12-37)11-19(21-31-8-9-36(20)21)40-15-5-2-13(3-6-15)32-24(38)33-14-4-7-18(26)17(10-14)25(27,28)29/h2-7,10-12H,8-9H2,1H3,(H,30,34,35)(H2,32,33,38). The fourth-order valence-electron chi connectivity index (χ4n) is 4.00. The first kappa shape index (κ1) is 26.7. The van der Waals surface area contributed by atoms with Gasteiger partial charge in [0.1, 0.15) is 5.75 Å². The number of fused-ring (bicyclic) bond motifs is 3. The average molecular weight is 574 g/mol. The number of aliphatic imine (C=N–C) groups is 1. The fourth-order valence-corrected chi connectivity index (χ4v) is 4.22. The molecule has 1 aromatic heterocycles. The van der Waals surface area contributed by atoms with E-state index in [0.29, 0.717) is 47.5 Å². The van der Waals surface area contributed by atoms with E-state index in [2.05, 4.69) is 30.9 Å². The van der Waals surface area contributed by atoms with Gasteiger partial charge >= 0.3 is 12.2 Å². The van der Waals surface area contributed by atoms with Crippen molar-refractivity contribution in [2.24, 2.45) is 4.99 Å². The first-order valence-electron chi connectivity index (χ1n) is 11.6. The summed E-state index contributed by atoms with van der Waals surface area (Å²) in [5, 5.41) is 7.24. The van der Waals surface area contributed by atoms with Crippen molar-refractivity contribution in [3.05, 3.63) is 64.4 Å². The van der Waals surface area contributed by atoms with Crippen LogP contribution in [0.5, 0.6) is 11.6 Å². The Bertz CT molecular complexity index is 1540. The Kier molecular flexibility index (Phi) is 7.17. The molecule has 0 bridgehead atoms. The number of halogens is 4. The molecule has 2 aliphatic rings. The number of rotatable bonds is 7. The van der Waals surface area contributed by atoms with E-state index >= 15 is 0 Å². The second-order valence-corrected chi connectivity index (χ2v) is 8.72. The van der Waals surface area contributed by atoms with Crippen molar-refractivity contribution in [2.45, 2.75) is 6.18 Å². The van der Waals surface area contributed by atoms with Gasteiger partial charge in [0.2, 0.25) is 11.8 Å². The molecule has 2 aliphatic heterocycles. The van der Waals surface area contributed by atoms with Crippen LogP contribution in [-0.2, 0) is 11.0 Å². The number of amidine groups is 1. The van der Waals surface area contributed by atoms with E-state index in [-0.39, 0.29) is 24.0 Å². The van der Waals surface area contributed by atoms with Crippen LogP contribution in [0.4, 0.5) is 41.1 Å². The Hall–Kier alpha value is -4.85. The van der Waals surface area contributed by atoms with E-state index in [1.807, 2.05) is 4.90 Å². The highest BCUT2D eigenvalue weighted by molar-refractivity contribution is 6.31. The van der Waals surface area contributed by atoms with Crippen molar-refractivity contribution >= 4 is 59.2 Å². The summed E-state index contributed by atoms with van der Waals surface area (Å²) in [5.41, 5.74) is -0.345. The van der Waals surface area contributed by atoms with Crippen molar-refractivity contribution < 1.29 is 32.2 Å². The zero-order valence-electron chi connectivity index (χ0n) is 20.5. The van der Waals surface area contributed by atoms with Gasteiger partial charge in [-0.3, -0.25) is 9.79 Å². The molecule has 3 aromatic rings. The Labute approximate surface area is 229 Å². The largest absolute Gasteiger partial charge is 0.453 e. The van der Waals surface area contributed by atoms with E-state index in [9.17, 15) is 22.8 Å². The zero-order chi connectivity index (χ0) is 28.4. The first-order chi connectivity index (χ1) is 19.2. The van der Waals surface area contributed by atoms with Crippen molar-refractivity contribution in [3.8, 4) is 11.6 Å². The molecule has 0 spiro atoms. The fraction of sp³-hybridized carbons (Fsp3) is 0.160. The molecular formula is C25H19ClF3N7O4. The molecule has 5 rings (SSSR count). The predicted octanol–water partition coefficient (Wildman–Crippen LogP) is 5.02. The maximum absolute atomic E-state index is 13.1. The van der Waals surface area contributed by atoms with Gasteiger partial charge in [-0.1, -0.05) is 11.6 Å². The lowest BCUT2D eigenvalue weighted by molar-refractivity contribution is -0.137. The van der Waals surface area contributed by atoms with E-state index < -0.39 is 22.8 Å². The molecule has 0 aliphatic carbocycles. The summed E-state index contributed by atoms with van der Waals surface area (Å²) in [7, 11) is 1.64. The van der Waals surface area contributed by atoms with Gasteiger partial charge in [-0.15, -0.1) is 0 Å². The third-order valence-corrected chi connectivity index (χ3v) is 6.07. The lowest BCUT2D eigenvalue weighted by atomic mass is 10.1. The molecule has 206 valence electrons. The number of benzene rings is 2. The summed E-state index contributed by atoms with van der Waals surface area (Å²) in [6, 6.07) is 8.57. The molecule has 3 heterocycles. The molecule has 0 saturated heterocycles. The minimum atomic E-state index is -4.66. The van der Waals surface area contributed by atoms with Gasteiger partial charge in [-0.2, -0.15) is 23.1 Å². The van der Waals surface area contributed by atoms with E-state index in [0.717, 1.165) is 12.1 Å². The molecule has 2 aromatic carbocycles. The number of amides is 2. The molecule has 0 atom stereocenters. The Morgan fingerprint density at radius 3 is 2.52 bits per heavy atom. The topological polar surface area (TPSA) is 130 Å². The third-order valence-electron chi connectivity index (χ3n) is 5.74. The first-order valence-corrected chi connectivity index (χ1v) is 12.0. The maximum atomic E-state index is 13.1. The smallest absolute Gasteiger partial charge is 0.417 e. The van der Waals surface area contributed by atoms with Gasteiger partial charge in [0.15, 0.2) is 17.4 Å². The second kappa shape index (κ2) is 10.7. The minimum absolute atomic E-state index is 0.0463. The summed E-state index contributed by atoms with van der Waals surface area (Å²) in [4.78, 5) is 38.4. The number of alkyl halides is 3. The summed E-state index contributed by atoms with van der Waals surface area (Å²) < 4.78 is 50.4. The van der Waals surface area contributed by atoms with Gasteiger partial charge in [0, 0.05) is 31.0 Å². The highest BCUT2D eigenvalue weighted by Gasteiger charge is 2.34. The highest BCUT2D eigenvalue weighted by atomic mass is 35.5. The minimum Gasteiger partial charge on any atom is -0.453 e. The van der Waals surface area contributed by atoms with Crippen LogP contribution in [0.15, 0.2) is 53.2 Å². The number of anilines is 4. The van der Waals surface area contributed by atoms with E-state index in [1.54, 1.807) is 37.4 Å². The summed E-state index contributed by atoms with van der Waals surface area (Å²) in [6.45, 7) is 1.29. The number of aromatic nitrogens is 2. The van der Waals surface area contributed by atoms with Crippen molar-refractivity contribution in [3.63, 3.8) is 0 Å². The number of carbonyl (C=O) groups excluding carboxylic acids is 2. The third kappa shape index (κ3) is 5.47. The normalized spacial score (nSPS) is 13.9. The van der Waals surface area contributed by atoms with Crippen molar-refractivity contribution in [1.29, 1.82) is 0 Å². The van der Waals surface area contributed by atoms with E-state index in [4.69, 9.17) is 21.1 Å². The lowest BCUT2D eigenvalue weighted by Gasteiger charge is -2.27. The van der Waals surface area contributed by atoms with Crippen LogP contribution < -0.4 is 30.3 Å². The Morgan fingerprint density at radius 1 is 1.10 bits per heavy atom. The van der Waals surface area contributed by atoms with E-state index in [1.165, 1.54) is 6.07 Å². The van der Waals surface area contributed by atoms with Gasteiger partial charge in [-0.25, -0.2) is 4.79 Å². The number of nitrogens with zero attached hydrogens (tertiary/aromatic N) is 4. The van der Waals surface area contributed by atoms with Crippen LogP contribution in [0.3, 0.4) is 0 Å². The van der Waals surface area contributed by atoms with Gasteiger partial charge in [-0.05, 0) is 42.5 Å². The molecule has 3 N–H and O–H groups in total. The van der Waals surface area contributed by atoms with Crippen LogP contribution in [-0.4, -0.2) is 48.4 Å². The quantitative estimate of drug-likeness (QED) is 0.336. The lowest BCUT2D eigenvalue weighted by Crippen LogP contribution is -2.34. The Morgan fingerprint density at radius 2 is 1.82 bits per heavy atom. The van der Waals surface area contributed by atoms with Crippen LogP contribution in [0, 0.1) is 0 Å². The maximum Gasteiger partial charge on any atom is 0.417 e. The summed E-state index contributed by atoms with van der Waals surface area (Å²) >= 11 is 5.62. The van der Waals surface area contributed by atoms with Crippen molar-refractivity contribution in [2.75, 3.05) is 41.0 Å². The molecule has 0 saturated carbocycles. The molecule has 2 amide bonds. The SMILES string of the molecule is CNc1nc(OC=O)c2c(n1)N1CCN=C1C(Oc1ccc(NC(=O)Nc3ccc(Cl)c(C(F)(F)F)c3)cc1)=C2. The van der Waals surface area contributed by atoms with Crippen LogP contribution in [0.1, 0.15) is 11.1 Å². The predicted molar refractivity (Wildman–Crippen MR) is 142 cm³/mol. The van der Waals surface area contributed by atoms with Crippen LogP contribution in [0.25, 0.3) is 6.08 Å². The number of carbonyl (C=O) groups is 2. The molecule has 0 fully saturated rings. The van der Waals surface area contributed by atoms with Crippen LogP contribution >= 0.6 is 11.6 Å². The summed E-state index contributed by atoms with van der Waals surface area (Å²) in [6.07, 6.45) is -3.04. The van der Waals surface area contributed by atoms with Gasteiger partial charge in [0.25, 0.3) is 6.47 Å². The highest BCUT2D eigenvalue weighted by Crippen LogP contribution is 2.38. The number of hydrogen-bond acceptors (Lipinski definition) is 9. The monoisotopic (exact) mass is 573 g/mol. The molecule has 15 heteroatoms.